The average molecular weight is 239 g/mol. The van der Waals surface area contributed by atoms with Gasteiger partial charge in [-0.25, -0.2) is 4.79 Å². The van der Waals surface area contributed by atoms with Gasteiger partial charge in [-0.3, -0.25) is 0 Å². The first-order valence-corrected chi connectivity index (χ1v) is 5.13. The fraction of sp³-hybridized carbons (Fsp3) is 0.250. The predicted molar refractivity (Wildman–Crippen MR) is 60.9 cm³/mol. The molecule has 1 aromatic rings. The molecule has 0 aliphatic heterocycles. The van der Waals surface area contributed by atoms with Crippen molar-refractivity contribution in [2.45, 2.75) is 13.5 Å². The van der Waals surface area contributed by atoms with Gasteiger partial charge < -0.3 is 9.84 Å². The van der Waals surface area contributed by atoms with E-state index in [1.54, 1.807) is 25.1 Å². The van der Waals surface area contributed by atoms with Crippen molar-refractivity contribution in [1.29, 1.82) is 0 Å². The van der Waals surface area contributed by atoms with E-state index in [0.717, 1.165) is 0 Å². The number of carbonyl (C=O) groups is 1. The number of halogens is 1. The molecular weight excluding hydrogens is 228 g/mol. The first-order valence-electron chi connectivity index (χ1n) is 4.75. The Hall–Kier alpha value is -1.50. The second kappa shape index (κ2) is 6.16. The summed E-state index contributed by atoms with van der Waals surface area (Å²) in [6, 6.07) is 4.95. The largest absolute Gasteiger partial charge is 0.456 e. The molecule has 0 radical (unpaired) electrons. The molecule has 0 aliphatic rings. The van der Waals surface area contributed by atoms with Gasteiger partial charge in [0.2, 0.25) is 0 Å². The number of hydrogen-bond acceptors (Lipinski definition) is 3. The van der Waals surface area contributed by atoms with Gasteiger partial charge in [0.05, 0.1) is 18.2 Å². The summed E-state index contributed by atoms with van der Waals surface area (Å²) in [5.41, 5.74) is 1.19. The summed E-state index contributed by atoms with van der Waals surface area (Å²) in [4.78, 5) is 11.0. The molecule has 1 N–H and O–H groups in total. The van der Waals surface area contributed by atoms with Gasteiger partial charge >= 0.3 is 5.97 Å². The number of ether oxygens (including phenoxy) is 1. The van der Waals surface area contributed by atoms with Crippen LogP contribution in [0.4, 0.5) is 0 Å². The van der Waals surface area contributed by atoms with Gasteiger partial charge in [-0.1, -0.05) is 23.6 Å². The molecule has 0 atom stereocenters. The number of benzene rings is 1. The van der Waals surface area contributed by atoms with Crippen LogP contribution in [0, 0.1) is 11.8 Å². The van der Waals surface area contributed by atoms with Gasteiger partial charge in [0.1, 0.15) is 0 Å². The molecule has 1 rings (SSSR count). The van der Waals surface area contributed by atoms with Crippen molar-refractivity contribution in [3.05, 3.63) is 34.3 Å². The topological polar surface area (TPSA) is 46.5 Å². The van der Waals surface area contributed by atoms with Crippen molar-refractivity contribution in [1.82, 2.24) is 0 Å². The van der Waals surface area contributed by atoms with E-state index in [0.29, 0.717) is 16.1 Å². The van der Waals surface area contributed by atoms with Gasteiger partial charge in [0.25, 0.3) is 0 Å². The van der Waals surface area contributed by atoms with Gasteiger partial charge in [0, 0.05) is 11.5 Å². The van der Waals surface area contributed by atoms with E-state index < -0.39 is 5.97 Å². The standard InChI is InChI=1S/C12H11ClO3/c1-2-16-12(15)6-4-10-7-9(8-14)3-5-11(10)13/h3,5,7,14H,2,8H2,1H3. The third-order valence-electron chi connectivity index (χ3n) is 1.79. The van der Waals surface area contributed by atoms with E-state index >= 15 is 0 Å². The number of aliphatic hydroxyl groups excluding tert-OH is 1. The zero-order chi connectivity index (χ0) is 12.0. The summed E-state index contributed by atoms with van der Waals surface area (Å²) in [6.07, 6.45) is 0. The zero-order valence-electron chi connectivity index (χ0n) is 8.79. The lowest BCUT2D eigenvalue weighted by atomic mass is 10.1. The van der Waals surface area contributed by atoms with Crippen LogP contribution in [0.2, 0.25) is 5.02 Å². The quantitative estimate of drug-likeness (QED) is 0.631. The molecule has 0 unspecified atom stereocenters. The van der Waals surface area contributed by atoms with Crippen molar-refractivity contribution in [3.8, 4) is 11.8 Å². The molecule has 0 saturated carbocycles. The molecule has 0 spiro atoms. The molecule has 0 aromatic heterocycles. The maximum absolute atomic E-state index is 11.0. The number of hydrogen-bond donors (Lipinski definition) is 1. The lowest BCUT2D eigenvalue weighted by Gasteiger charge is -1.99. The smallest absolute Gasteiger partial charge is 0.384 e. The first kappa shape index (κ1) is 12.6. The lowest BCUT2D eigenvalue weighted by Crippen LogP contribution is -1.99. The van der Waals surface area contributed by atoms with Crippen LogP contribution < -0.4 is 0 Å². The maximum Gasteiger partial charge on any atom is 0.384 e. The Morgan fingerprint density at radius 3 is 2.94 bits per heavy atom. The molecule has 4 heteroatoms. The molecule has 3 nitrogen and oxygen atoms in total. The summed E-state index contributed by atoms with van der Waals surface area (Å²) >= 11 is 5.88. The molecule has 16 heavy (non-hydrogen) atoms. The van der Waals surface area contributed by atoms with Gasteiger partial charge in [-0.15, -0.1) is 0 Å². The minimum atomic E-state index is -0.590. The summed E-state index contributed by atoms with van der Waals surface area (Å²) in [6.45, 7) is 1.90. The zero-order valence-corrected chi connectivity index (χ0v) is 9.54. The predicted octanol–water partition coefficient (Wildman–Crippen LogP) is 1.75. The first-order chi connectivity index (χ1) is 7.67. The van der Waals surface area contributed by atoms with Crippen LogP contribution >= 0.6 is 11.6 Å². The van der Waals surface area contributed by atoms with Crippen LogP contribution in [0.5, 0.6) is 0 Å². The number of rotatable bonds is 2. The van der Waals surface area contributed by atoms with Crippen LogP contribution in [0.3, 0.4) is 0 Å². The van der Waals surface area contributed by atoms with Crippen LogP contribution in [-0.4, -0.2) is 17.7 Å². The van der Waals surface area contributed by atoms with Crippen LogP contribution in [0.15, 0.2) is 18.2 Å². The highest BCUT2D eigenvalue weighted by molar-refractivity contribution is 6.31. The third kappa shape index (κ3) is 3.58. The van der Waals surface area contributed by atoms with Crippen molar-refractivity contribution in [3.63, 3.8) is 0 Å². The molecule has 0 fully saturated rings. The Morgan fingerprint density at radius 2 is 2.31 bits per heavy atom. The lowest BCUT2D eigenvalue weighted by molar-refractivity contribution is -0.136. The molecule has 0 aliphatic carbocycles. The fourth-order valence-corrected chi connectivity index (χ4v) is 1.22. The Bertz CT molecular complexity index is 443. The Kier molecular flexibility index (Phi) is 4.84. The monoisotopic (exact) mass is 238 g/mol. The minimum absolute atomic E-state index is 0.0920. The van der Waals surface area contributed by atoms with E-state index in [2.05, 4.69) is 16.6 Å². The van der Waals surface area contributed by atoms with Crippen molar-refractivity contribution in [2.24, 2.45) is 0 Å². The molecule has 84 valence electrons. The van der Waals surface area contributed by atoms with E-state index in [4.69, 9.17) is 16.7 Å². The van der Waals surface area contributed by atoms with Gasteiger partial charge in [-0.05, 0) is 24.6 Å². The van der Waals surface area contributed by atoms with E-state index in [9.17, 15) is 4.79 Å². The van der Waals surface area contributed by atoms with Crippen molar-refractivity contribution in [2.75, 3.05) is 6.61 Å². The molecule has 0 amide bonds. The second-order valence-corrected chi connectivity index (χ2v) is 3.35. The fourth-order valence-electron chi connectivity index (χ4n) is 1.05. The molecule has 0 heterocycles. The third-order valence-corrected chi connectivity index (χ3v) is 2.12. The van der Waals surface area contributed by atoms with E-state index in [-0.39, 0.29) is 13.2 Å². The van der Waals surface area contributed by atoms with E-state index in [1.807, 2.05) is 0 Å². The molecule has 0 bridgehead atoms. The Labute approximate surface area is 99.0 Å². The van der Waals surface area contributed by atoms with Crippen LogP contribution in [-0.2, 0) is 16.1 Å². The van der Waals surface area contributed by atoms with Gasteiger partial charge in [-0.2, -0.15) is 0 Å². The highest BCUT2D eigenvalue weighted by atomic mass is 35.5. The van der Waals surface area contributed by atoms with Crippen molar-refractivity contribution >= 4 is 17.6 Å². The Morgan fingerprint density at radius 1 is 1.56 bits per heavy atom. The van der Waals surface area contributed by atoms with Crippen LogP contribution in [0.25, 0.3) is 0 Å². The van der Waals surface area contributed by atoms with Crippen molar-refractivity contribution < 1.29 is 14.6 Å². The highest BCUT2D eigenvalue weighted by Crippen LogP contribution is 2.16. The second-order valence-electron chi connectivity index (χ2n) is 2.94. The summed E-state index contributed by atoms with van der Waals surface area (Å²) in [5.74, 6) is 4.33. The summed E-state index contributed by atoms with van der Waals surface area (Å²) < 4.78 is 4.66. The number of carbonyl (C=O) groups excluding carboxylic acids is 1. The maximum atomic E-state index is 11.0. The van der Waals surface area contributed by atoms with Crippen LogP contribution in [0.1, 0.15) is 18.1 Å². The number of aliphatic hydroxyl groups is 1. The summed E-state index contributed by atoms with van der Waals surface area (Å²) in [7, 11) is 0. The molecule has 1 aromatic carbocycles. The molecular formula is C12H11ClO3. The normalized spacial score (nSPS) is 9.19. The SMILES string of the molecule is CCOC(=O)C#Cc1cc(CO)ccc1Cl. The number of esters is 1. The highest BCUT2D eigenvalue weighted by Gasteiger charge is 2.00. The van der Waals surface area contributed by atoms with Gasteiger partial charge in [0.15, 0.2) is 0 Å². The Balaban J connectivity index is 2.91. The average Bonchev–Trinajstić information content (AvgIpc) is 2.28. The summed E-state index contributed by atoms with van der Waals surface area (Å²) in [5, 5.41) is 9.37. The van der Waals surface area contributed by atoms with E-state index in [1.165, 1.54) is 0 Å². The molecule has 0 saturated heterocycles. The minimum Gasteiger partial charge on any atom is -0.456 e.